The summed E-state index contributed by atoms with van der Waals surface area (Å²) in [4.78, 5) is 13.5. The summed E-state index contributed by atoms with van der Waals surface area (Å²) in [6.45, 7) is 7.12. The molecule has 0 aliphatic rings. The van der Waals surface area contributed by atoms with Crippen LogP contribution in [-0.4, -0.2) is 29.3 Å². The monoisotopic (exact) mass is 397 g/mol. The molecule has 0 fully saturated rings. The summed E-state index contributed by atoms with van der Waals surface area (Å²) in [6, 6.07) is 15.6. The Balaban J connectivity index is 1.66. The fraction of sp³-hybridized carbons (Fsp3) is 0.273. The van der Waals surface area contributed by atoms with Crippen molar-refractivity contribution in [2.24, 2.45) is 0 Å². The highest BCUT2D eigenvalue weighted by Gasteiger charge is 2.18. The van der Waals surface area contributed by atoms with Gasteiger partial charge in [0.1, 0.15) is 6.54 Å². The number of para-hydroxylation sites is 1. The van der Waals surface area contributed by atoms with Crippen LogP contribution in [0.3, 0.4) is 0 Å². The molecule has 28 heavy (non-hydrogen) atoms. The van der Waals surface area contributed by atoms with Gasteiger partial charge in [-0.3, -0.25) is 4.79 Å². The molecule has 6 heteroatoms. The largest absolute Gasteiger partial charge is 0.326 e. The molecule has 1 amide bonds. The second-order valence-electron chi connectivity index (χ2n) is 7.22. The first-order valence-corrected chi connectivity index (χ1v) is 9.70. The van der Waals surface area contributed by atoms with Crippen molar-refractivity contribution < 1.29 is 9.69 Å². The highest BCUT2D eigenvalue weighted by molar-refractivity contribution is 6.31. The van der Waals surface area contributed by atoms with Crippen LogP contribution in [0.25, 0.3) is 5.69 Å². The Morgan fingerprint density at radius 3 is 2.54 bits per heavy atom. The predicted octanol–water partition coefficient (Wildman–Crippen LogP) is 3.10. The summed E-state index contributed by atoms with van der Waals surface area (Å²) in [7, 11) is 2.01. The van der Waals surface area contributed by atoms with Crippen LogP contribution in [-0.2, 0) is 11.3 Å². The molecule has 0 bridgehead atoms. The Bertz CT molecular complexity index is 982. The second kappa shape index (κ2) is 8.59. The summed E-state index contributed by atoms with van der Waals surface area (Å²) in [6.07, 6.45) is 0. The summed E-state index contributed by atoms with van der Waals surface area (Å²) in [5.74, 6) is -0.0387. The van der Waals surface area contributed by atoms with E-state index < -0.39 is 0 Å². The molecular weight excluding hydrogens is 372 g/mol. The Morgan fingerprint density at radius 2 is 1.86 bits per heavy atom. The average molecular weight is 398 g/mol. The lowest BCUT2D eigenvalue weighted by Crippen LogP contribution is -3.08. The van der Waals surface area contributed by atoms with Crippen LogP contribution in [0, 0.1) is 20.8 Å². The van der Waals surface area contributed by atoms with E-state index in [0.717, 1.165) is 39.8 Å². The minimum Gasteiger partial charge on any atom is -0.326 e. The maximum atomic E-state index is 12.4. The molecule has 0 aliphatic heterocycles. The number of benzene rings is 2. The van der Waals surface area contributed by atoms with Crippen molar-refractivity contribution in [3.05, 3.63) is 76.1 Å². The number of quaternary nitrogens is 1. The molecule has 1 aromatic heterocycles. The molecule has 146 valence electrons. The summed E-state index contributed by atoms with van der Waals surface area (Å²) in [5, 5.41) is 8.26. The molecule has 0 spiro atoms. The number of nitrogens with zero attached hydrogens (tertiary/aromatic N) is 2. The number of nitrogens with one attached hydrogen (secondary N) is 2. The van der Waals surface area contributed by atoms with Crippen LogP contribution in [0.1, 0.15) is 22.5 Å². The Morgan fingerprint density at radius 1 is 1.14 bits per heavy atom. The molecule has 3 aromatic rings. The fourth-order valence-electron chi connectivity index (χ4n) is 3.27. The number of halogens is 1. The molecule has 5 nitrogen and oxygen atoms in total. The molecular formula is C22H26ClN4O+. The summed E-state index contributed by atoms with van der Waals surface area (Å²) in [5.41, 5.74) is 6.02. The third kappa shape index (κ3) is 4.61. The molecule has 2 aromatic carbocycles. The van der Waals surface area contributed by atoms with Crippen LogP contribution >= 0.6 is 11.6 Å². The van der Waals surface area contributed by atoms with E-state index in [9.17, 15) is 4.79 Å². The van der Waals surface area contributed by atoms with E-state index in [4.69, 9.17) is 11.6 Å². The van der Waals surface area contributed by atoms with Crippen molar-refractivity contribution in [2.45, 2.75) is 27.3 Å². The maximum absolute atomic E-state index is 12.4. The second-order valence-corrected chi connectivity index (χ2v) is 7.63. The normalized spacial score (nSPS) is 12.0. The van der Waals surface area contributed by atoms with Crippen molar-refractivity contribution in [1.82, 2.24) is 9.78 Å². The molecule has 0 saturated heterocycles. The van der Waals surface area contributed by atoms with Gasteiger partial charge in [0.15, 0.2) is 6.54 Å². The number of likely N-dealkylation sites (N-methyl/N-ethyl adjacent to an activating group) is 1. The van der Waals surface area contributed by atoms with Gasteiger partial charge < -0.3 is 10.2 Å². The third-order valence-corrected chi connectivity index (χ3v) is 5.25. The van der Waals surface area contributed by atoms with Crippen molar-refractivity contribution in [1.29, 1.82) is 0 Å². The van der Waals surface area contributed by atoms with E-state index in [0.29, 0.717) is 11.6 Å². The molecule has 0 aliphatic carbocycles. The topological polar surface area (TPSA) is 51.4 Å². The lowest BCUT2D eigenvalue weighted by molar-refractivity contribution is -0.885. The van der Waals surface area contributed by atoms with Crippen LogP contribution in [0.15, 0.2) is 48.5 Å². The minimum absolute atomic E-state index is 0.0387. The van der Waals surface area contributed by atoms with Crippen molar-refractivity contribution in [3.8, 4) is 5.69 Å². The lowest BCUT2D eigenvalue weighted by atomic mass is 10.2. The van der Waals surface area contributed by atoms with Gasteiger partial charge in [0.25, 0.3) is 5.91 Å². The standard InChI is InChI=1S/C22H25ClN4O/c1-15-10-11-18(12-21(15)23)24-22(28)14-26(4)13-20-16(2)25-27(17(20)3)19-8-6-5-7-9-19/h5-12H,13-14H2,1-4H3,(H,24,28)/p+1. The average Bonchev–Trinajstić information content (AvgIpc) is 2.93. The van der Waals surface area contributed by atoms with E-state index in [1.807, 2.05) is 68.0 Å². The first kappa shape index (κ1) is 20.1. The highest BCUT2D eigenvalue weighted by atomic mass is 35.5. The third-order valence-electron chi connectivity index (χ3n) is 4.84. The maximum Gasteiger partial charge on any atom is 0.279 e. The Kier molecular flexibility index (Phi) is 6.17. The van der Waals surface area contributed by atoms with Crippen LogP contribution in [0.2, 0.25) is 5.02 Å². The molecule has 2 N–H and O–H groups in total. The number of carbonyl (C=O) groups excluding carboxylic acids is 1. The number of carbonyl (C=O) groups is 1. The van der Waals surface area contributed by atoms with E-state index in [1.54, 1.807) is 6.07 Å². The lowest BCUT2D eigenvalue weighted by Gasteiger charge is -2.14. The van der Waals surface area contributed by atoms with Gasteiger partial charge >= 0.3 is 0 Å². The zero-order valence-corrected chi connectivity index (χ0v) is 17.5. The van der Waals surface area contributed by atoms with Crippen LogP contribution in [0.4, 0.5) is 5.69 Å². The van der Waals surface area contributed by atoms with Crippen molar-refractivity contribution >= 4 is 23.2 Å². The zero-order valence-electron chi connectivity index (χ0n) is 16.7. The SMILES string of the molecule is Cc1ccc(NC(=O)C[NH+](C)Cc2c(C)nn(-c3ccccc3)c2C)cc1Cl. The molecule has 1 atom stereocenters. The Hall–Kier alpha value is -2.63. The summed E-state index contributed by atoms with van der Waals surface area (Å²) < 4.78 is 1.96. The van der Waals surface area contributed by atoms with Gasteiger partial charge in [0.05, 0.1) is 29.7 Å². The zero-order chi connectivity index (χ0) is 20.3. The molecule has 0 saturated carbocycles. The van der Waals surface area contributed by atoms with Gasteiger partial charge in [-0.15, -0.1) is 0 Å². The molecule has 1 unspecified atom stereocenters. The van der Waals surface area contributed by atoms with E-state index in [2.05, 4.69) is 17.3 Å². The number of rotatable bonds is 6. The summed E-state index contributed by atoms with van der Waals surface area (Å²) >= 11 is 6.13. The van der Waals surface area contributed by atoms with E-state index >= 15 is 0 Å². The molecule has 1 heterocycles. The van der Waals surface area contributed by atoms with Gasteiger partial charge in [-0.05, 0) is 50.6 Å². The number of aromatic nitrogens is 2. The number of anilines is 1. The van der Waals surface area contributed by atoms with Crippen LogP contribution in [0.5, 0.6) is 0 Å². The number of hydrogen-bond donors (Lipinski definition) is 2. The first-order chi connectivity index (χ1) is 13.3. The van der Waals surface area contributed by atoms with E-state index in [-0.39, 0.29) is 5.91 Å². The van der Waals surface area contributed by atoms with Gasteiger partial charge in [0.2, 0.25) is 0 Å². The Labute approximate surface area is 170 Å². The van der Waals surface area contributed by atoms with Gasteiger partial charge in [0, 0.05) is 10.7 Å². The highest BCUT2D eigenvalue weighted by Crippen LogP contribution is 2.20. The van der Waals surface area contributed by atoms with Crippen molar-refractivity contribution in [2.75, 3.05) is 18.9 Å². The quantitative estimate of drug-likeness (QED) is 0.671. The predicted molar refractivity (Wildman–Crippen MR) is 113 cm³/mol. The van der Waals surface area contributed by atoms with Crippen molar-refractivity contribution in [3.63, 3.8) is 0 Å². The number of amides is 1. The van der Waals surface area contributed by atoms with Gasteiger partial charge in [-0.1, -0.05) is 35.9 Å². The number of aryl methyl sites for hydroxylation is 2. The molecule has 3 rings (SSSR count). The van der Waals surface area contributed by atoms with Gasteiger partial charge in [-0.2, -0.15) is 5.10 Å². The van der Waals surface area contributed by atoms with E-state index in [1.165, 1.54) is 5.56 Å². The number of hydrogen-bond acceptors (Lipinski definition) is 2. The fourth-order valence-corrected chi connectivity index (χ4v) is 3.45. The van der Waals surface area contributed by atoms with Crippen LogP contribution < -0.4 is 10.2 Å². The molecule has 0 radical (unpaired) electrons. The van der Waals surface area contributed by atoms with Gasteiger partial charge in [-0.25, -0.2) is 4.68 Å². The smallest absolute Gasteiger partial charge is 0.279 e. The minimum atomic E-state index is -0.0387. The first-order valence-electron chi connectivity index (χ1n) is 9.33.